The molecule has 6 heteroatoms. The van der Waals surface area contributed by atoms with Gasteiger partial charge in [0.05, 0.1) is 0 Å². The zero-order valence-electron chi connectivity index (χ0n) is 15.5. The third-order valence-electron chi connectivity index (χ3n) is 4.24. The fourth-order valence-corrected chi connectivity index (χ4v) is 19.8. The second-order valence-corrected chi connectivity index (χ2v) is 20.2. The van der Waals surface area contributed by atoms with E-state index in [4.69, 9.17) is 0 Å². The molecule has 0 aromatic heterocycles. The summed E-state index contributed by atoms with van der Waals surface area (Å²) in [4.78, 5) is 0. The molecule has 4 nitrogen and oxygen atoms in total. The summed E-state index contributed by atoms with van der Waals surface area (Å²) in [5, 5.41) is 0. The molecule has 0 fully saturated rings. The first-order chi connectivity index (χ1) is 8.24. The zero-order chi connectivity index (χ0) is 13.0. The van der Waals surface area contributed by atoms with Crippen LogP contribution in [0.5, 0.6) is 0 Å². The van der Waals surface area contributed by atoms with Crippen LogP contribution in [-0.4, -0.2) is 40.3 Å². The van der Waals surface area contributed by atoms with Gasteiger partial charge in [0.25, 0.3) is 0 Å². The Labute approximate surface area is 158 Å². The van der Waals surface area contributed by atoms with Crippen LogP contribution in [-0.2, 0) is 21.7 Å². The minimum absolute atomic E-state index is 0. The molecule has 0 saturated carbocycles. The van der Waals surface area contributed by atoms with Gasteiger partial charge in [-0.15, -0.1) is 0 Å². The maximum absolute atomic E-state index is 2.37. The summed E-state index contributed by atoms with van der Waals surface area (Å²) >= 11 is -1.69. The summed E-state index contributed by atoms with van der Waals surface area (Å²) in [5.41, 5.74) is 0. The predicted molar refractivity (Wildman–Crippen MR) is 99.1 cm³/mol. The molecule has 0 radical (unpaired) electrons. The molecule has 0 aliphatic heterocycles. The van der Waals surface area contributed by atoms with E-state index in [2.05, 4.69) is 27.7 Å². The van der Waals surface area contributed by atoms with Crippen molar-refractivity contribution in [3.8, 4) is 0 Å². The molecule has 140 valence electrons. The molecule has 0 atom stereocenters. The predicted octanol–water partition coefficient (Wildman–Crippen LogP) is 3.33. The van der Waals surface area contributed by atoms with E-state index >= 15 is 0 Å². The first-order valence-corrected chi connectivity index (χ1v) is 16.3. The van der Waals surface area contributed by atoms with Crippen LogP contribution in [0.15, 0.2) is 0 Å². The number of hydrogen-bond donors (Lipinski definition) is 0. The minimum Gasteiger partial charge on any atom is -0.412 e. The summed E-state index contributed by atoms with van der Waals surface area (Å²) in [6.45, 7) is 9.48. The third kappa shape index (κ3) is 19.4. The van der Waals surface area contributed by atoms with Gasteiger partial charge >= 0.3 is 115 Å². The first-order valence-electron chi connectivity index (χ1n) is 8.24. The van der Waals surface area contributed by atoms with Crippen molar-refractivity contribution < 1.29 is 43.6 Å². The van der Waals surface area contributed by atoms with Gasteiger partial charge in [-0.05, 0) is 0 Å². The Morgan fingerprint density at radius 2 is 0.636 bits per heavy atom. The van der Waals surface area contributed by atoms with E-state index in [0.29, 0.717) is 0 Å². The van der Waals surface area contributed by atoms with Gasteiger partial charge in [0.2, 0.25) is 0 Å². The Balaban J connectivity index is -0.000000128. The molecular formula is C16H44O4SnTi. The molecule has 0 unspecified atom stereocenters. The number of hydrogen-bond acceptors (Lipinski definition) is 0. The van der Waals surface area contributed by atoms with Crippen LogP contribution >= 0.6 is 0 Å². The molecule has 8 N–H and O–H groups in total. The molecule has 0 spiro atoms. The molecule has 0 amide bonds. The van der Waals surface area contributed by atoms with E-state index in [0.717, 1.165) is 0 Å². The van der Waals surface area contributed by atoms with Gasteiger partial charge in [-0.25, -0.2) is 0 Å². The van der Waals surface area contributed by atoms with E-state index in [1.165, 1.54) is 51.4 Å². The summed E-state index contributed by atoms with van der Waals surface area (Å²) in [7, 11) is 0. The molecule has 0 saturated heterocycles. The SMILES string of the molecule is CCC[CH2][Sn]([CH2]CCC)([CH2]CCC)[CH2]CCC.O.O.O.O.[Ti]. The number of rotatable bonds is 12. The monoisotopic (exact) mass is 468 g/mol. The van der Waals surface area contributed by atoms with Gasteiger partial charge in [0.1, 0.15) is 0 Å². The second kappa shape index (κ2) is 27.2. The van der Waals surface area contributed by atoms with Crippen LogP contribution in [0.25, 0.3) is 0 Å². The van der Waals surface area contributed by atoms with E-state index in [-0.39, 0.29) is 43.6 Å². The topological polar surface area (TPSA) is 126 Å². The van der Waals surface area contributed by atoms with Gasteiger partial charge in [-0.3, -0.25) is 0 Å². The third-order valence-corrected chi connectivity index (χ3v) is 20.4. The molecule has 0 aromatic rings. The molecule has 0 heterocycles. The van der Waals surface area contributed by atoms with Crippen molar-refractivity contribution in [3.63, 3.8) is 0 Å². The smallest absolute Gasteiger partial charge is 0 e. The molecule has 0 rings (SSSR count). The van der Waals surface area contributed by atoms with Crippen molar-refractivity contribution in [2.45, 2.75) is 96.8 Å². The van der Waals surface area contributed by atoms with Gasteiger partial charge in [-0.2, -0.15) is 0 Å². The Hall–Kier alpha value is 1.35. The van der Waals surface area contributed by atoms with Gasteiger partial charge in [-0.1, -0.05) is 0 Å². The quantitative estimate of drug-likeness (QED) is 0.391. The largest absolute Gasteiger partial charge is 0.412 e. The molecule has 0 aromatic carbocycles. The van der Waals surface area contributed by atoms with Crippen LogP contribution in [0.3, 0.4) is 0 Å². The fourth-order valence-electron chi connectivity index (χ4n) is 2.96. The standard InChI is InChI=1S/4C4H9.4H2O.Sn.Ti/c4*1-3-4-2;;;;;;/h4*1,3-4H2,2H3;4*1H2;;. The molecule has 0 aliphatic rings. The van der Waals surface area contributed by atoms with Crippen molar-refractivity contribution in [2.75, 3.05) is 0 Å². The number of unbranched alkanes of at least 4 members (excludes halogenated alkanes) is 4. The minimum atomic E-state index is -1.69. The maximum Gasteiger partial charge on any atom is 0 e. The Bertz CT molecular complexity index is 137. The van der Waals surface area contributed by atoms with Crippen LogP contribution in [0.1, 0.15) is 79.1 Å². The van der Waals surface area contributed by atoms with Crippen molar-refractivity contribution in [1.82, 2.24) is 0 Å². The van der Waals surface area contributed by atoms with E-state index < -0.39 is 18.4 Å². The average Bonchev–Trinajstić information content (AvgIpc) is 2.37. The summed E-state index contributed by atoms with van der Waals surface area (Å²) in [6, 6.07) is 0. The van der Waals surface area contributed by atoms with Crippen LogP contribution in [0.4, 0.5) is 0 Å². The molecule has 0 aliphatic carbocycles. The normalized spacial score (nSPS) is 9.27. The van der Waals surface area contributed by atoms with Gasteiger partial charge < -0.3 is 21.9 Å². The zero-order valence-corrected chi connectivity index (χ0v) is 19.9. The fraction of sp³-hybridized carbons (Fsp3) is 1.00. The summed E-state index contributed by atoms with van der Waals surface area (Å²) in [5.74, 6) is 0. The van der Waals surface area contributed by atoms with Crippen molar-refractivity contribution in [3.05, 3.63) is 0 Å². The Morgan fingerprint density at radius 3 is 0.773 bits per heavy atom. The van der Waals surface area contributed by atoms with Crippen molar-refractivity contribution in [2.24, 2.45) is 0 Å². The molecule has 0 bridgehead atoms. The van der Waals surface area contributed by atoms with Crippen LogP contribution < -0.4 is 0 Å². The summed E-state index contributed by atoms with van der Waals surface area (Å²) < 4.78 is 6.80. The van der Waals surface area contributed by atoms with Gasteiger partial charge in [0, 0.05) is 21.7 Å². The van der Waals surface area contributed by atoms with Crippen molar-refractivity contribution in [1.29, 1.82) is 0 Å². The van der Waals surface area contributed by atoms with Gasteiger partial charge in [0.15, 0.2) is 0 Å². The maximum atomic E-state index is 2.37. The molecular weight excluding hydrogens is 423 g/mol. The van der Waals surface area contributed by atoms with Crippen LogP contribution in [0.2, 0.25) is 17.7 Å². The second-order valence-electron chi connectivity index (χ2n) is 5.91. The van der Waals surface area contributed by atoms with E-state index in [1.807, 2.05) is 0 Å². The summed E-state index contributed by atoms with van der Waals surface area (Å²) in [6.07, 6.45) is 11.8. The van der Waals surface area contributed by atoms with Crippen LogP contribution in [0, 0.1) is 0 Å². The molecule has 22 heavy (non-hydrogen) atoms. The van der Waals surface area contributed by atoms with E-state index in [9.17, 15) is 0 Å². The first kappa shape index (κ1) is 38.7. The Kier molecular flexibility index (Phi) is 47.9. The van der Waals surface area contributed by atoms with E-state index in [1.54, 1.807) is 17.7 Å². The average molecular weight is 467 g/mol. The Morgan fingerprint density at radius 1 is 0.455 bits per heavy atom. The van der Waals surface area contributed by atoms with Crippen molar-refractivity contribution >= 4 is 18.4 Å².